The number of likely N-dealkylation sites (tertiary alicyclic amines) is 1. The summed E-state index contributed by atoms with van der Waals surface area (Å²) in [6, 6.07) is 5.74. The normalized spacial score (nSPS) is 17.6. The van der Waals surface area contributed by atoms with E-state index < -0.39 is 48.0 Å². The van der Waals surface area contributed by atoms with E-state index in [2.05, 4.69) is 20.0 Å². The number of carbonyl (C=O) groups is 3. The summed E-state index contributed by atoms with van der Waals surface area (Å²) in [7, 11) is 3.21. The van der Waals surface area contributed by atoms with E-state index in [1.54, 1.807) is 36.9 Å². The smallest absolute Gasteiger partial charge is 0.406 e. The maximum atomic E-state index is 13.6. The average Bonchev–Trinajstić information content (AvgIpc) is 3.33. The molecule has 1 aromatic carbocycles. The first kappa shape index (κ1) is 28.4. The lowest BCUT2D eigenvalue weighted by Crippen LogP contribution is -2.70. The van der Waals surface area contributed by atoms with Gasteiger partial charge in [0.25, 0.3) is 5.91 Å². The Morgan fingerprint density at radius 3 is 2.45 bits per heavy atom. The molecule has 1 saturated heterocycles. The standard InChI is InChI=1S/C26H28F3N7O4/c1-4-19(16-5-7-17(8-6-16)40-26(27,28)29)33-25(39)36-21(23(38)35(3)24-32-11-12-34(24)2)18(22(36)37)13-15-9-10-31-20(30)14-15/h5-12,14,18-19,21H,4,13H2,1-3H3,(H2,30,31)(H,33,39)/t18-,19-,21+/m1/s1. The number of nitrogen functional groups attached to an aromatic ring is 1. The van der Waals surface area contributed by atoms with Gasteiger partial charge in [-0.3, -0.25) is 19.4 Å². The Balaban J connectivity index is 1.56. The highest BCUT2D eigenvalue weighted by atomic mass is 19.4. The van der Waals surface area contributed by atoms with Gasteiger partial charge in [0.2, 0.25) is 11.9 Å². The van der Waals surface area contributed by atoms with Crippen molar-refractivity contribution in [1.82, 2.24) is 24.8 Å². The van der Waals surface area contributed by atoms with Crippen molar-refractivity contribution in [2.45, 2.75) is 38.2 Å². The molecule has 1 fully saturated rings. The van der Waals surface area contributed by atoms with E-state index in [1.165, 1.54) is 36.5 Å². The number of alkyl halides is 3. The van der Waals surface area contributed by atoms with Crippen LogP contribution in [0.4, 0.5) is 29.7 Å². The van der Waals surface area contributed by atoms with Crippen LogP contribution < -0.4 is 20.7 Å². The number of nitrogens with one attached hydrogen (secondary N) is 1. The minimum Gasteiger partial charge on any atom is -0.406 e. The van der Waals surface area contributed by atoms with Gasteiger partial charge in [-0.2, -0.15) is 0 Å². The summed E-state index contributed by atoms with van der Waals surface area (Å²) in [5.74, 6) is -1.74. The van der Waals surface area contributed by atoms with E-state index >= 15 is 0 Å². The monoisotopic (exact) mass is 559 g/mol. The van der Waals surface area contributed by atoms with Crippen LogP contribution in [-0.4, -0.2) is 56.7 Å². The molecule has 11 nitrogen and oxygen atoms in total. The number of aryl methyl sites for hydroxylation is 1. The van der Waals surface area contributed by atoms with Crippen LogP contribution in [0.3, 0.4) is 0 Å². The molecule has 0 bridgehead atoms. The van der Waals surface area contributed by atoms with Crippen LogP contribution in [0.15, 0.2) is 55.0 Å². The molecule has 3 heterocycles. The van der Waals surface area contributed by atoms with Crippen molar-refractivity contribution in [3.63, 3.8) is 0 Å². The third-order valence-electron chi connectivity index (χ3n) is 6.64. The third kappa shape index (κ3) is 6.00. The summed E-state index contributed by atoms with van der Waals surface area (Å²) in [5.41, 5.74) is 6.94. The van der Waals surface area contributed by atoms with Crippen LogP contribution in [0.25, 0.3) is 0 Å². The molecule has 40 heavy (non-hydrogen) atoms. The molecule has 1 aliphatic heterocycles. The molecule has 3 N–H and O–H groups in total. The summed E-state index contributed by atoms with van der Waals surface area (Å²) in [4.78, 5) is 50.6. The van der Waals surface area contributed by atoms with E-state index in [0.717, 1.165) is 17.0 Å². The molecule has 1 aliphatic rings. The molecule has 0 aliphatic carbocycles. The second-order valence-corrected chi connectivity index (χ2v) is 9.32. The van der Waals surface area contributed by atoms with E-state index in [-0.39, 0.29) is 12.2 Å². The number of amides is 4. The average molecular weight is 560 g/mol. The number of halogens is 3. The van der Waals surface area contributed by atoms with E-state index in [9.17, 15) is 27.6 Å². The van der Waals surface area contributed by atoms with Crippen LogP contribution >= 0.6 is 0 Å². The summed E-state index contributed by atoms with van der Waals surface area (Å²) >= 11 is 0. The second-order valence-electron chi connectivity index (χ2n) is 9.32. The van der Waals surface area contributed by atoms with Gasteiger partial charge in [-0.15, -0.1) is 13.2 Å². The second kappa shape index (κ2) is 11.2. The number of anilines is 2. The Morgan fingerprint density at radius 2 is 1.88 bits per heavy atom. The van der Waals surface area contributed by atoms with E-state index in [0.29, 0.717) is 23.5 Å². The van der Waals surface area contributed by atoms with Crippen molar-refractivity contribution in [1.29, 1.82) is 0 Å². The minimum atomic E-state index is -4.83. The van der Waals surface area contributed by atoms with Gasteiger partial charge in [0.15, 0.2) is 0 Å². The zero-order valence-electron chi connectivity index (χ0n) is 21.9. The minimum absolute atomic E-state index is 0.151. The highest BCUT2D eigenvalue weighted by molar-refractivity contribution is 6.12. The maximum Gasteiger partial charge on any atom is 0.573 e. The number of β-lactam (4-membered cyclic amide) rings is 1. The first-order valence-electron chi connectivity index (χ1n) is 12.3. The topological polar surface area (TPSA) is 136 Å². The van der Waals surface area contributed by atoms with Gasteiger partial charge in [0.05, 0.1) is 12.0 Å². The number of aromatic nitrogens is 3. The Kier molecular flexibility index (Phi) is 7.98. The SMILES string of the molecule is CC[C@@H](NC(=O)N1C(=O)[C@H](Cc2ccnc(N)c2)[C@H]1C(=O)N(C)c1nccn1C)c1ccc(OC(F)(F)F)cc1. The number of pyridine rings is 1. The molecule has 2 aromatic heterocycles. The van der Waals surface area contributed by atoms with E-state index in [4.69, 9.17) is 5.73 Å². The number of hydrogen-bond acceptors (Lipinski definition) is 7. The first-order valence-corrected chi connectivity index (χ1v) is 12.3. The molecule has 3 aromatic rings. The molecule has 212 valence electrons. The maximum absolute atomic E-state index is 13.6. The van der Waals surface area contributed by atoms with Crippen LogP contribution in [0.2, 0.25) is 0 Å². The van der Waals surface area contributed by atoms with Crippen molar-refractivity contribution in [2.24, 2.45) is 13.0 Å². The van der Waals surface area contributed by atoms with Gasteiger partial charge in [0, 0.05) is 32.7 Å². The summed E-state index contributed by atoms with van der Waals surface area (Å²) in [6.07, 6.45) is 0.343. The number of carbonyl (C=O) groups excluding carboxylic acids is 3. The van der Waals surface area contributed by atoms with Crippen molar-refractivity contribution in [3.05, 3.63) is 66.1 Å². The number of ether oxygens (including phenoxy) is 1. The molecule has 3 atom stereocenters. The summed E-state index contributed by atoms with van der Waals surface area (Å²) < 4.78 is 43.0. The predicted octanol–water partition coefficient (Wildman–Crippen LogP) is 3.19. The number of urea groups is 1. The zero-order valence-corrected chi connectivity index (χ0v) is 21.9. The van der Waals surface area contributed by atoms with Crippen LogP contribution in [0, 0.1) is 5.92 Å². The first-order chi connectivity index (χ1) is 18.9. The molecule has 0 spiro atoms. The molecular weight excluding hydrogens is 531 g/mol. The van der Waals surface area contributed by atoms with E-state index in [1.807, 2.05) is 0 Å². The number of hydrogen-bond donors (Lipinski definition) is 2. The molecule has 4 amide bonds. The lowest BCUT2D eigenvalue weighted by atomic mass is 9.81. The molecular formula is C26H28F3N7O4. The Labute approximate surface area is 227 Å². The van der Waals surface area contributed by atoms with Crippen molar-refractivity contribution >= 4 is 29.6 Å². The van der Waals surface area contributed by atoms with Gasteiger partial charge in [-0.25, -0.2) is 14.8 Å². The lowest BCUT2D eigenvalue weighted by molar-refractivity contribution is -0.274. The number of imide groups is 1. The molecule has 0 radical (unpaired) electrons. The predicted molar refractivity (Wildman–Crippen MR) is 138 cm³/mol. The van der Waals surface area contributed by atoms with Crippen LogP contribution in [0.5, 0.6) is 5.75 Å². The molecule has 0 unspecified atom stereocenters. The Bertz CT molecular complexity index is 1390. The fraction of sp³-hybridized carbons (Fsp3) is 0.346. The number of nitrogens with zero attached hydrogens (tertiary/aromatic N) is 5. The highest BCUT2D eigenvalue weighted by Crippen LogP contribution is 2.33. The van der Waals surface area contributed by atoms with Gasteiger partial charge in [0.1, 0.15) is 17.6 Å². The van der Waals surface area contributed by atoms with Gasteiger partial charge in [-0.1, -0.05) is 19.1 Å². The highest BCUT2D eigenvalue weighted by Gasteiger charge is 2.55. The Hall–Kier alpha value is -4.62. The quantitative estimate of drug-likeness (QED) is 0.405. The van der Waals surface area contributed by atoms with Crippen LogP contribution in [0.1, 0.15) is 30.5 Å². The summed E-state index contributed by atoms with van der Waals surface area (Å²) in [5, 5.41) is 2.73. The number of nitrogens with two attached hydrogens (primary N) is 1. The Morgan fingerprint density at radius 1 is 1.18 bits per heavy atom. The molecule has 0 saturated carbocycles. The summed E-state index contributed by atoms with van der Waals surface area (Å²) in [6.45, 7) is 1.76. The van der Waals surface area contributed by atoms with Gasteiger partial charge < -0.3 is 20.4 Å². The fourth-order valence-corrected chi connectivity index (χ4v) is 4.65. The number of benzene rings is 1. The number of likely N-dealkylation sites (N-methyl/N-ethyl adjacent to an activating group) is 1. The molecule has 14 heteroatoms. The third-order valence-corrected chi connectivity index (χ3v) is 6.64. The lowest BCUT2D eigenvalue weighted by Gasteiger charge is -2.45. The van der Waals surface area contributed by atoms with Crippen molar-refractivity contribution in [2.75, 3.05) is 17.7 Å². The van der Waals surface area contributed by atoms with Crippen molar-refractivity contribution in [3.8, 4) is 5.75 Å². The van der Waals surface area contributed by atoms with Crippen molar-refractivity contribution < 1.29 is 32.3 Å². The fourth-order valence-electron chi connectivity index (χ4n) is 4.65. The largest absolute Gasteiger partial charge is 0.573 e. The zero-order chi connectivity index (χ0) is 29.2. The molecule has 4 rings (SSSR count). The number of rotatable bonds is 8. The van der Waals surface area contributed by atoms with Gasteiger partial charge in [-0.05, 0) is 48.2 Å². The van der Waals surface area contributed by atoms with Gasteiger partial charge >= 0.3 is 12.4 Å². The van der Waals surface area contributed by atoms with Crippen LogP contribution in [-0.2, 0) is 23.1 Å². The number of imidazole rings is 1.